The minimum atomic E-state index is -4.38. The van der Waals surface area contributed by atoms with Gasteiger partial charge in [0.2, 0.25) is 0 Å². The Morgan fingerprint density at radius 3 is 2.45 bits per heavy atom. The number of hydrogen-bond acceptors (Lipinski definition) is 2. The van der Waals surface area contributed by atoms with Crippen molar-refractivity contribution in [2.24, 2.45) is 7.05 Å². The fourth-order valence-electron chi connectivity index (χ4n) is 3.11. The largest absolute Gasteiger partial charge is 0.416 e. The van der Waals surface area contributed by atoms with Crippen molar-refractivity contribution in [1.29, 1.82) is 0 Å². The third-order valence-electron chi connectivity index (χ3n) is 4.77. The van der Waals surface area contributed by atoms with Crippen LogP contribution in [-0.2, 0) is 13.2 Å². The lowest BCUT2D eigenvalue weighted by Crippen LogP contribution is -2.04. The van der Waals surface area contributed by atoms with Gasteiger partial charge >= 0.3 is 6.18 Å². The van der Waals surface area contributed by atoms with Crippen molar-refractivity contribution < 1.29 is 13.2 Å². The number of halogens is 3. The molecule has 0 fully saturated rings. The normalized spacial score (nSPS) is 11.3. The predicted octanol–water partition coefficient (Wildman–Crippen LogP) is 5.36. The molecule has 6 heteroatoms. The Kier molecular flexibility index (Phi) is 4.59. The van der Waals surface area contributed by atoms with Gasteiger partial charge in [0.15, 0.2) is 0 Å². The first-order chi connectivity index (χ1) is 13.8. The molecular formula is C23H16F3N3. The van der Waals surface area contributed by atoms with Crippen molar-refractivity contribution in [3.63, 3.8) is 0 Å². The van der Waals surface area contributed by atoms with Gasteiger partial charge in [-0.25, -0.2) is 0 Å². The molecule has 2 aromatic heterocycles. The van der Waals surface area contributed by atoms with Crippen LogP contribution in [0.1, 0.15) is 22.3 Å². The van der Waals surface area contributed by atoms with Crippen molar-refractivity contribution in [3.05, 3.63) is 83.3 Å². The molecule has 0 spiro atoms. The van der Waals surface area contributed by atoms with Gasteiger partial charge in [-0.2, -0.15) is 18.3 Å². The summed E-state index contributed by atoms with van der Waals surface area (Å²) in [4.78, 5) is 4.21. The van der Waals surface area contributed by atoms with Crippen molar-refractivity contribution >= 4 is 10.9 Å². The average molecular weight is 391 g/mol. The molecule has 144 valence electrons. The highest BCUT2D eigenvalue weighted by Crippen LogP contribution is 2.32. The summed E-state index contributed by atoms with van der Waals surface area (Å²) < 4.78 is 40.8. The molecule has 0 radical (unpaired) electrons. The first-order valence-electron chi connectivity index (χ1n) is 8.89. The molecule has 0 aliphatic carbocycles. The maximum absolute atomic E-state index is 13.0. The number of aromatic nitrogens is 3. The van der Waals surface area contributed by atoms with Gasteiger partial charge in [0.25, 0.3) is 0 Å². The monoisotopic (exact) mass is 391 g/mol. The summed E-state index contributed by atoms with van der Waals surface area (Å²) in [5.41, 5.74) is 3.84. The molecule has 2 heterocycles. The van der Waals surface area contributed by atoms with E-state index < -0.39 is 11.7 Å². The van der Waals surface area contributed by atoms with E-state index in [9.17, 15) is 13.2 Å². The number of alkyl halides is 3. The molecule has 0 amide bonds. The number of fused-ring (bicyclic) bond motifs is 1. The Morgan fingerprint density at radius 1 is 0.897 bits per heavy atom. The van der Waals surface area contributed by atoms with E-state index in [4.69, 9.17) is 0 Å². The van der Waals surface area contributed by atoms with E-state index in [1.54, 1.807) is 35.4 Å². The number of pyridine rings is 1. The average Bonchev–Trinajstić information content (AvgIpc) is 3.08. The molecule has 0 aliphatic heterocycles. The summed E-state index contributed by atoms with van der Waals surface area (Å²) in [6.45, 7) is 1.92. The van der Waals surface area contributed by atoms with Gasteiger partial charge in [-0.05, 0) is 41.8 Å². The Bertz CT molecular complexity index is 1270. The molecule has 4 rings (SSSR count). The lowest BCUT2D eigenvalue weighted by Gasteiger charge is -2.10. The fraction of sp³-hybridized carbons (Fsp3) is 0.130. The number of hydrogen-bond donors (Lipinski definition) is 0. The Morgan fingerprint density at radius 2 is 1.66 bits per heavy atom. The van der Waals surface area contributed by atoms with E-state index >= 15 is 0 Å². The van der Waals surface area contributed by atoms with Gasteiger partial charge in [-0.3, -0.25) is 9.67 Å². The molecule has 0 bridgehead atoms. The SMILES string of the molecule is Cc1ccc(-c2cccc(C(F)(F)F)c2)cc1C#Cc1cncc2c1cnn2C. The van der Waals surface area contributed by atoms with Crippen molar-refractivity contribution in [2.45, 2.75) is 13.1 Å². The van der Waals surface area contributed by atoms with Crippen LogP contribution in [0.4, 0.5) is 13.2 Å². The molecular weight excluding hydrogens is 375 g/mol. The lowest BCUT2D eigenvalue weighted by molar-refractivity contribution is -0.137. The fourth-order valence-corrected chi connectivity index (χ4v) is 3.11. The van der Waals surface area contributed by atoms with E-state index in [2.05, 4.69) is 21.9 Å². The van der Waals surface area contributed by atoms with Crippen LogP contribution < -0.4 is 0 Å². The van der Waals surface area contributed by atoms with E-state index in [0.717, 1.165) is 39.7 Å². The van der Waals surface area contributed by atoms with Crippen LogP contribution in [0.2, 0.25) is 0 Å². The van der Waals surface area contributed by atoms with Crippen LogP contribution in [0, 0.1) is 18.8 Å². The van der Waals surface area contributed by atoms with Crippen LogP contribution in [0.3, 0.4) is 0 Å². The summed E-state index contributed by atoms with van der Waals surface area (Å²) in [6.07, 6.45) is 0.779. The minimum Gasteiger partial charge on any atom is -0.266 e. The van der Waals surface area contributed by atoms with E-state index in [1.165, 1.54) is 6.07 Å². The molecule has 0 aliphatic rings. The molecule has 3 nitrogen and oxygen atoms in total. The molecule has 2 aromatic carbocycles. The molecule has 29 heavy (non-hydrogen) atoms. The quantitative estimate of drug-likeness (QED) is 0.409. The highest BCUT2D eigenvalue weighted by molar-refractivity contribution is 5.84. The van der Waals surface area contributed by atoms with Crippen LogP contribution in [0.15, 0.2) is 61.1 Å². The number of rotatable bonds is 1. The van der Waals surface area contributed by atoms with Crippen LogP contribution in [0.5, 0.6) is 0 Å². The minimum absolute atomic E-state index is 0.499. The van der Waals surface area contributed by atoms with Gasteiger partial charge in [-0.1, -0.05) is 36.1 Å². The molecule has 0 N–H and O–H groups in total. The van der Waals surface area contributed by atoms with Gasteiger partial charge in [-0.15, -0.1) is 0 Å². The third-order valence-corrected chi connectivity index (χ3v) is 4.77. The maximum Gasteiger partial charge on any atom is 0.416 e. The second-order valence-electron chi connectivity index (χ2n) is 6.75. The first kappa shape index (κ1) is 18.8. The van der Waals surface area contributed by atoms with Crippen molar-refractivity contribution in [3.8, 4) is 23.0 Å². The van der Waals surface area contributed by atoms with Gasteiger partial charge in [0.1, 0.15) is 0 Å². The summed E-state index contributed by atoms with van der Waals surface area (Å²) in [6, 6.07) is 10.8. The molecule has 4 aromatic rings. The maximum atomic E-state index is 13.0. The zero-order valence-electron chi connectivity index (χ0n) is 15.7. The molecule has 0 unspecified atom stereocenters. The molecule has 0 saturated heterocycles. The predicted molar refractivity (Wildman–Crippen MR) is 106 cm³/mol. The van der Waals surface area contributed by atoms with Crippen LogP contribution >= 0.6 is 0 Å². The zero-order valence-corrected chi connectivity index (χ0v) is 15.7. The summed E-state index contributed by atoms with van der Waals surface area (Å²) in [5, 5.41) is 5.13. The second-order valence-corrected chi connectivity index (χ2v) is 6.75. The van der Waals surface area contributed by atoms with Crippen LogP contribution in [-0.4, -0.2) is 14.8 Å². The molecule has 0 saturated carbocycles. The van der Waals surface area contributed by atoms with Crippen molar-refractivity contribution in [1.82, 2.24) is 14.8 Å². The highest BCUT2D eigenvalue weighted by Gasteiger charge is 2.30. The topological polar surface area (TPSA) is 30.7 Å². The highest BCUT2D eigenvalue weighted by atomic mass is 19.4. The lowest BCUT2D eigenvalue weighted by atomic mass is 9.98. The van der Waals surface area contributed by atoms with Gasteiger partial charge in [0, 0.05) is 24.2 Å². The zero-order chi connectivity index (χ0) is 20.6. The number of aryl methyl sites for hydroxylation is 2. The van der Waals surface area contributed by atoms with Crippen molar-refractivity contribution in [2.75, 3.05) is 0 Å². The smallest absolute Gasteiger partial charge is 0.266 e. The summed E-state index contributed by atoms with van der Waals surface area (Å²) in [7, 11) is 1.84. The van der Waals surface area contributed by atoms with E-state index in [1.807, 2.05) is 26.1 Å². The van der Waals surface area contributed by atoms with Crippen LogP contribution in [0.25, 0.3) is 22.0 Å². The van der Waals surface area contributed by atoms with E-state index in [-0.39, 0.29) is 0 Å². The summed E-state index contributed by atoms with van der Waals surface area (Å²) in [5.74, 6) is 6.26. The Hall–Kier alpha value is -3.59. The van der Waals surface area contributed by atoms with Gasteiger partial charge < -0.3 is 0 Å². The van der Waals surface area contributed by atoms with E-state index in [0.29, 0.717) is 11.1 Å². The van der Waals surface area contributed by atoms with Gasteiger partial charge in [0.05, 0.1) is 29.0 Å². The number of benzene rings is 2. The molecule has 0 atom stereocenters. The third kappa shape index (κ3) is 3.72. The summed E-state index contributed by atoms with van der Waals surface area (Å²) >= 11 is 0. The standard InChI is InChI=1S/C23H16F3N3/c1-15-6-7-18(17-4-3-5-20(11-17)23(24,25)26)10-16(15)8-9-19-12-27-14-22-21(19)13-28-29(22)2/h3-7,10-14H,1-2H3. The Labute approximate surface area is 165 Å². The first-order valence-corrected chi connectivity index (χ1v) is 8.89. The number of nitrogens with zero attached hydrogens (tertiary/aromatic N) is 3. The Balaban J connectivity index is 1.75. The second kappa shape index (κ2) is 7.10.